The van der Waals surface area contributed by atoms with Crippen LogP contribution in [0.4, 0.5) is 0 Å². The van der Waals surface area contributed by atoms with Crippen LogP contribution in [0.25, 0.3) is 16.7 Å². The maximum absolute atomic E-state index is 12.4. The molecule has 0 aromatic heterocycles. The fourth-order valence-corrected chi connectivity index (χ4v) is 3.49. The molecule has 0 saturated heterocycles. The zero-order valence-electron chi connectivity index (χ0n) is 15.9. The Bertz CT molecular complexity index is 859. The standard InChI is InChI=1S/C21H24O4/c1-11-8-12(2)18-14(4)15(5)20(19(18)13(3)9-11)16(21(23)25-7)10-17(22)24-6/h8-10H,1-7H3. The van der Waals surface area contributed by atoms with Gasteiger partial charge in [0.15, 0.2) is 0 Å². The molecule has 2 aliphatic carbocycles. The van der Waals surface area contributed by atoms with Gasteiger partial charge in [-0.2, -0.15) is 0 Å². The summed E-state index contributed by atoms with van der Waals surface area (Å²) in [5.41, 5.74) is 8.43. The van der Waals surface area contributed by atoms with Gasteiger partial charge in [0.25, 0.3) is 0 Å². The SMILES string of the molecule is COC(=O)C=C(C(=O)OC)c1c(C)c(C)c2c(C)cc(C)cc(C)c1-2. The van der Waals surface area contributed by atoms with Gasteiger partial charge in [-0.25, -0.2) is 9.59 Å². The molecule has 4 heteroatoms. The summed E-state index contributed by atoms with van der Waals surface area (Å²) in [6, 6.07) is 4.22. The maximum Gasteiger partial charge on any atom is 0.338 e. The Morgan fingerprint density at radius 2 is 1.40 bits per heavy atom. The number of hydrogen-bond acceptors (Lipinski definition) is 4. The number of carbonyl (C=O) groups is 2. The first kappa shape index (κ1) is 18.7. The number of methoxy groups -OCH3 is 2. The zero-order valence-corrected chi connectivity index (χ0v) is 15.9. The number of esters is 2. The third kappa shape index (κ3) is 3.29. The number of ether oxygens (including phenoxy) is 2. The topological polar surface area (TPSA) is 52.6 Å². The number of rotatable bonds is 3. The van der Waals surface area contributed by atoms with Crippen molar-refractivity contribution in [2.24, 2.45) is 0 Å². The van der Waals surface area contributed by atoms with Crippen LogP contribution in [-0.4, -0.2) is 26.2 Å². The van der Waals surface area contributed by atoms with E-state index in [0.29, 0.717) is 0 Å². The molecule has 0 aromatic rings. The van der Waals surface area contributed by atoms with Crippen LogP contribution in [0.1, 0.15) is 33.4 Å². The summed E-state index contributed by atoms with van der Waals surface area (Å²) in [7, 11) is 2.59. The van der Waals surface area contributed by atoms with Crippen LogP contribution < -0.4 is 0 Å². The fraction of sp³-hybridized carbons (Fsp3) is 0.333. The molecule has 0 atom stereocenters. The van der Waals surface area contributed by atoms with Gasteiger partial charge in [-0.1, -0.05) is 17.7 Å². The maximum atomic E-state index is 12.4. The van der Waals surface area contributed by atoms with Crippen LogP contribution in [0, 0.1) is 34.6 Å². The van der Waals surface area contributed by atoms with E-state index in [-0.39, 0.29) is 5.57 Å². The lowest BCUT2D eigenvalue weighted by atomic mass is 9.95. The lowest BCUT2D eigenvalue weighted by Gasteiger charge is -2.10. The van der Waals surface area contributed by atoms with Crippen LogP contribution in [0.2, 0.25) is 0 Å². The molecular weight excluding hydrogens is 316 g/mol. The normalized spacial score (nSPS) is 11.6. The molecule has 0 spiro atoms. The van der Waals surface area contributed by atoms with E-state index in [1.807, 2.05) is 27.7 Å². The van der Waals surface area contributed by atoms with Crippen molar-refractivity contribution in [2.45, 2.75) is 34.6 Å². The van der Waals surface area contributed by atoms with Crippen molar-refractivity contribution in [3.05, 3.63) is 51.6 Å². The van der Waals surface area contributed by atoms with Crippen molar-refractivity contribution < 1.29 is 19.1 Å². The highest BCUT2D eigenvalue weighted by Crippen LogP contribution is 2.43. The van der Waals surface area contributed by atoms with Crippen LogP contribution in [-0.2, 0) is 19.1 Å². The molecule has 0 amide bonds. The first-order valence-electron chi connectivity index (χ1n) is 8.12. The predicted molar refractivity (Wildman–Crippen MR) is 98.8 cm³/mol. The number of carbonyl (C=O) groups excluding carboxylic acids is 2. The van der Waals surface area contributed by atoms with Crippen molar-refractivity contribution in [3.63, 3.8) is 0 Å². The molecule has 0 unspecified atom stereocenters. The highest BCUT2D eigenvalue weighted by Gasteiger charge is 2.27. The molecule has 132 valence electrons. The highest BCUT2D eigenvalue weighted by molar-refractivity contribution is 6.23. The quantitative estimate of drug-likeness (QED) is 0.624. The van der Waals surface area contributed by atoms with E-state index in [1.54, 1.807) is 0 Å². The van der Waals surface area contributed by atoms with Crippen molar-refractivity contribution in [1.29, 1.82) is 0 Å². The number of hydrogen-bond donors (Lipinski definition) is 0. The minimum Gasteiger partial charge on any atom is -0.466 e. The van der Waals surface area contributed by atoms with Crippen LogP contribution in [0.3, 0.4) is 0 Å². The third-order valence-electron chi connectivity index (χ3n) is 4.63. The summed E-state index contributed by atoms with van der Waals surface area (Å²) in [5.74, 6) is -1.14. The summed E-state index contributed by atoms with van der Waals surface area (Å²) < 4.78 is 9.65. The van der Waals surface area contributed by atoms with E-state index < -0.39 is 11.9 Å². The molecule has 2 rings (SSSR count). The smallest absolute Gasteiger partial charge is 0.338 e. The van der Waals surface area contributed by atoms with Crippen LogP contribution in [0.15, 0.2) is 18.2 Å². The predicted octanol–water partition coefficient (Wildman–Crippen LogP) is 4.06. The minimum atomic E-state index is -0.585. The second-order valence-electron chi connectivity index (χ2n) is 6.35. The van der Waals surface area contributed by atoms with Gasteiger partial charge < -0.3 is 9.47 Å². The molecule has 0 heterocycles. The van der Waals surface area contributed by atoms with Crippen molar-refractivity contribution in [1.82, 2.24) is 0 Å². The van der Waals surface area contributed by atoms with Gasteiger partial charge in [0.05, 0.1) is 19.8 Å². The molecular formula is C21H24O4. The summed E-state index contributed by atoms with van der Waals surface area (Å²) in [6.07, 6.45) is 1.21. The second kappa shape index (κ2) is 7.09. The Labute approximate surface area is 148 Å². The summed E-state index contributed by atoms with van der Waals surface area (Å²) in [5, 5.41) is 0. The number of aryl methyl sites for hydroxylation is 3. The Morgan fingerprint density at radius 1 is 0.840 bits per heavy atom. The lowest BCUT2D eigenvalue weighted by Crippen LogP contribution is -2.08. The molecule has 0 aromatic carbocycles. The molecule has 25 heavy (non-hydrogen) atoms. The fourth-order valence-electron chi connectivity index (χ4n) is 3.49. The molecule has 2 aliphatic rings. The second-order valence-corrected chi connectivity index (χ2v) is 6.35. The first-order valence-corrected chi connectivity index (χ1v) is 8.12. The average molecular weight is 340 g/mol. The first-order chi connectivity index (χ1) is 11.7. The minimum absolute atomic E-state index is 0.219. The Morgan fingerprint density at radius 3 is 1.92 bits per heavy atom. The lowest BCUT2D eigenvalue weighted by molar-refractivity contribution is -0.136. The summed E-state index contributed by atoms with van der Waals surface area (Å²) >= 11 is 0. The van der Waals surface area contributed by atoms with E-state index in [2.05, 4.69) is 19.1 Å². The van der Waals surface area contributed by atoms with E-state index in [0.717, 1.165) is 44.5 Å². The van der Waals surface area contributed by atoms with Crippen LogP contribution in [0.5, 0.6) is 0 Å². The highest BCUT2D eigenvalue weighted by atomic mass is 16.5. The average Bonchev–Trinajstić information content (AvgIpc) is 2.76. The Balaban J connectivity index is 2.96. The van der Waals surface area contributed by atoms with Gasteiger partial charge in [-0.15, -0.1) is 0 Å². The van der Waals surface area contributed by atoms with Gasteiger partial charge >= 0.3 is 11.9 Å². The Hall–Kier alpha value is -2.62. The molecule has 0 N–H and O–H groups in total. The molecule has 0 aliphatic heterocycles. The van der Waals surface area contributed by atoms with Gasteiger partial charge in [-0.3, -0.25) is 0 Å². The van der Waals surface area contributed by atoms with Gasteiger partial charge in [0, 0.05) is 11.6 Å². The van der Waals surface area contributed by atoms with Crippen LogP contribution >= 0.6 is 0 Å². The monoisotopic (exact) mass is 340 g/mol. The van der Waals surface area contributed by atoms with E-state index in [9.17, 15) is 9.59 Å². The van der Waals surface area contributed by atoms with Crippen molar-refractivity contribution in [2.75, 3.05) is 14.2 Å². The van der Waals surface area contributed by atoms with E-state index >= 15 is 0 Å². The van der Waals surface area contributed by atoms with Crippen molar-refractivity contribution >= 4 is 17.5 Å². The number of fused-ring (bicyclic) bond motifs is 1. The summed E-state index contributed by atoms with van der Waals surface area (Å²) in [6.45, 7) is 10.1. The zero-order chi connectivity index (χ0) is 18.9. The summed E-state index contributed by atoms with van der Waals surface area (Å²) in [4.78, 5) is 24.2. The third-order valence-corrected chi connectivity index (χ3v) is 4.63. The van der Waals surface area contributed by atoms with E-state index in [1.165, 1.54) is 20.3 Å². The van der Waals surface area contributed by atoms with Gasteiger partial charge in [-0.05, 0) is 68.0 Å². The molecule has 0 saturated carbocycles. The van der Waals surface area contributed by atoms with E-state index in [4.69, 9.17) is 9.47 Å². The van der Waals surface area contributed by atoms with Gasteiger partial charge in [0.1, 0.15) is 0 Å². The molecule has 0 radical (unpaired) electrons. The largest absolute Gasteiger partial charge is 0.466 e. The molecule has 0 bridgehead atoms. The molecule has 0 fully saturated rings. The Kier molecular flexibility index (Phi) is 5.31. The van der Waals surface area contributed by atoms with Gasteiger partial charge in [0.2, 0.25) is 0 Å². The molecule has 4 nitrogen and oxygen atoms in total. The van der Waals surface area contributed by atoms with Crippen molar-refractivity contribution in [3.8, 4) is 11.1 Å².